The molecule has 0 radical (unpaired) electrons. The maximum absolute atomic E-state index is 6.79. The van der Waals surface area contributed by atoms with Crippen LogP contribution >= 0.6 is 7.49 Å². The summed E-state index contributed by atoms with van der Waals surface area (Å²) in [6, 6.07) is 40.8. The van der Waals surface area contributed by atoms with Crippen LogP contribution in [0.5, 0.6) is 0 Å². The Morgan fingerprint density at radius 3 is 1.57 bits per heavy atom. The van der Waals surface area contributed by atoms with E-state index in [1.54, 1.807) is 0 Å². The minimum atomic E-state index is -2.65. The zero-order valence-electron chi connectivity index (χ0n) is 16.1. The Morgan fingerprint density at radius 2 is 1.04 bits per heavy atom. The summed E-state index contributed by atoms with van der Waals surface area (Å²) in [4.78, 5) is 0. The molecule has 0 unspecified atom stereocenters. The third-order valence-electron chi connectivity index (χ3n) is 5.11. The van der Waals surface area contributed by atoms with Gasteiger partial charge >= 0.3 is 168 Å². The first-order valence-corrected chi connectivity index (χ1v) is 11.7. The first kappa shape index (κ1) is 18.6. The van der Waals surface area contributed by atoms with Crippen molar-refractivity contribution in [1.82, 2.24) is 0 Å². The minimum absolute atomic E-state index is 0.666. The van der Waals surface area contributed by atoms with Gasteiger partial charge in [-0.05, 0) is 0 Å². The molecule has 4 aromatic carbocycles. The zero-order valence-corrected chi connectivity index (χ0v) is 17.1. The van der Waals surface area contributed by atoms with Crippen molar-refractivity contribution in [2.45, 2.75) is 6.92 Å². The van der Waals surface area contributed by atoms with Crippen molar-refractivity contribution in [2.75, 3.05) is 6.61 Å². The van der Waals surface area contributed by atoms with E-state index < -0.39 is 7.49 Å². The van der Waals surface area contributed by atoms with Crippen LogP contribution < -0.4 is 15.9 Å². The molecule has 0 aromatic heterocycles. The second-order valence-electron chi connectivity index (χ2n) is 6.76. The fourth-order valence-electron chi connectivity index (χ4n) is 3.94. The average Bonchev–Trinajstić information content (AvgIpc) is 2.79. The molecule has 2 heteroatoms. The standard InChI is InChI=1S/C26H25OP/c1-2-27-28(23-16-8-4-9-17-23,24-18-10-5-11-19-24)26-21-13-12-20-25(26)22-14-6-3-7-15-22/h3-21,28H,2H2,1H3. The van der Waals surface area contributed by atoms with Gasteiger partial charge in [0.25, 0.3) is 0 Å². The van der Waals surface area contributed by atoms with Crippen molar-refractivity contribution < 1.29 is 4.52 Å². The molecule has 0 amide bonds. The molecule has 4 aromatic rings. The molecule has 0 aliphatic carbocycles. The summed E-state index contributed by atoms with van der Waals surface area (Å²) in [5.41, 5.74) is 2.47. The molecule has 0 spiro atoms. The monoisotopic (exact) mass is 384 g/mol. The van der Waals surface area contributed by atoms with E-state index in [0.717, 1.165) is 0 Å². The molecule has 0 aliphatic rings. The molecule has 1 nitrogen and oxygen atoms in total. The number of benzene rings is 4. The van der Waals surface area contributed by atoms with Gasteiger partial charge in [-0.2, -0.15) is 0 Å². The summed E-state index contributed by atoms with van der Waals surface area (Å²) in [5, 5.41) is 3.83. The summed E-state index contributed by atoms with van der Waals surface area (Å²) < 4.78 is 6.79. The van der Waals surface area contributed by atoms with Crippen LogP contribution in [0.15, 0.2) is 115 Å². The van der Waals surface area contributed by atoms with Crippen molar-refractivity contribution in [3.63, 3.8) is 0 Å². The average molecular weight is 384 g/mol. The van der Waals surface area contributed by atoms with Crippen LogP contribution in [0.4, 0.5) is 0 Å². The Kier molecular flexibility index (Phi) is 5.67. The predicted octanol–water partition coefficient (Wildman–Crippen LogP) is 5.33. The second-order valence-corrected chi connectivity index (χ2v) is 10.1. The van der Waals surface area contributed by atoms with Crippen LogP contribution in [0, 0.1) is 0 Å². The molecule has 0 atom stereocenters. The summed E-state index contributed by atoms with van der Waals surface area (Å²) in [6.07, 6.45) is 0. The number of hydrogen-bond acceptors (Lipinski definition) is 1. The Morgan fingerprint density at radius 1 is 0.571 bits per heavy atom. The van der Waals surface area contributed by atoms with Gasteiger partial charge in [0.2, 0.25) is 0 Å². The topological polar surface area (TPSA) is 9.23 Å². The summed E-state index contributed by atoms with van der Waals surface area (Å²) in [7, 11) is -2.65. The molecular formula is C26H25OP. The Hall–Kier alpha value is -2.73. The van der Waals surface area contributed by atoms with Gasteiger partial charge in [-0.15, -0.1) is 0 Å². The maximum atomic E-state index is 6.79. The van der Waals surface area contributed by atoms with Crippen LogP contribution in [0.25, 0.3) is 11.1 Å². The summed E-state index contributed by atoms with van der Waals surface area (Å²) in [5.74, 6) is 0. The van der Waals surface area contributed by atoms with Gasteiger partial charge in [-0.25, -0.2) is 0 Å². The molecule has 0 N–H and O–H groups in total. The van der Waals surface area contributed by atoms with Gasteiger partial charge < -0.3 is 0 Å². The van der Waals surface area contributed by atoms with Crippen LogP contribution in [-0.2, 0) is 4.52 Å². The van der Waals surface area contributed by atoms with Crippen molar-refractivity contribution in [1.29, 1.82) is 0 Å². The van der Waals surface area contributed by atoms with E-state index in [9.17, 15) is 0 Å². The molecule has 0 aliphatic heterocycles. The first-order valence-electron chi connectivity index (χ1n) is 9.76. The van der Waals surface area contributed by atoms with Gasteiger partial charge in [-0.1, -0.05) is 0 Å². The van der Waals surface area contributed by atoms with Crippen LogP contribution in [0.1, 0.15) is 6.92 Å². The van der Waals surface area contributed by atoms with E-state index in [1.807, 2.05) is 0 Å². The molecule has 140 valence electrons. The molecule has 28 heavy (non-hydrogen) atoms. The summed E-state index contributed by atoms with van der Waals surface area (Å²) >= 11 is 0. The van der Waals surface area contributed by atoms with Crippen LogP contribution in [0.3, 0.4) is 0 Å². The first-order chi connectivity index (χ1) is 13.9. The van der Waals surface area contributed by atoms with E-state index in [2.05, 4.69) is 122 Å². The van der Waals surface area contributed by atoms with Crippen LogP contribution in [0.2, 0.25) is 0 Å². The predicted molar refractivity (Wildman–Crippen MR) is 124 cm³/mol. The van der Waals surface area contributed by atoms with E-state index in [1.165, 1.54) is 27.0 Å². The van der Waals surface area contributed by atoms with E-state index >= 15 is 0 Å². The van der Waals surface area contributed by atoms with Gasteiger partial charge in [0.05, 0.1) is 0 Å². The zero-order chi connectivity index (χ0) is 19.2. The molecule has 0 saturated carbocycles. The Bertz CT molecular complexity index is 974. The van der Waals surface area contributed by atoms with Gasteiger partial charge in [0.1, 0.15) is 0 Å². The molecular weight excluding hydrogens is 359 g/mol. The van der Waals surface area contributed by atoms with Crippen molar-refractivity contribution in [3.05, 3.63) is 115 Å². The SMILES string of the molecule is CCO[PH](c1ccccc1)(c1ccccc1)c1ccccc1-c1ccccc1. The Labute approximate surface area is 168 Å². The van der Waals surface area contributed by atoms with Gasteiger partial charge in [0, 0.05) is 0 Å². The summed E-state index contributed by atoms with van der Waals surface area (Å²) in [6.45, 7) is 2.76. The fraction of sp³-hybridized carbons (Fsp3) is 0.0769. The fourth-order valence-corrected chi connectivity index (χ4v) is 8.08. The van der Waals surface area contributed by atoms with Crippen molar-refractivity contribution >= 4 is 23.4 Å². The molecule has 0 fully saturated rings. The quantitative estimate of drug-likeness (QED) is 0.408. The van der Waals surface area contributed by atoms with Crippen molar-refractivity contribution in [2.24, 2.45) is 0 Å². The normalized spacial score (nSPS) is 11.9. The van der Waals surface area contributed by atoms with E-state index in [4.69, 9.17) is 4.52 Å². The number of rotatable bonds is 6. The molecule has 0 heterocycles. The van der Waals surface area contributed by atoms with Gasteiger partial charge in [-0.3, -0.25) is 0 Å². The Balaban J connectivity index is 2.06. The molecule has 0 saturated heterocycles. The van der Waals surface area contributed by atoms with Crippen LogP contribution in [-0.4, -0.2) is 6.61 Å². The number of hydrogen-bond donors (Lipinski definition) is 0. The second kappa shape index (κ2) is 8.52. The molecule has 4 rings (SSSR count). The van der Waals surface area contributed by atoms with Crippen molar-refractivity contribution in [3.8, 4) is 11.1 Å². The third-order valence-corrected chi connectivity index (χ3v) is 9.32. The molecule has 0 bridgehead atoms. The van der Waals surface area contributed by atoms with E-state index in [0.29, 0.717) is 6.61 Å². The van der Waals surface area contributed by atoms with E-state index in [-0.39, 0.29) is 0 Å². The van der Waals surface area contributed by atoms with Gasteiger partial charge in [0.15, 0.2) is 0 Å². The third kappa shape index (κ3) is 3.40.